The first kappa shape index (κ1) is 18.7. The summed E-state index contributed by atoms with van der Waals surface area (Å²) in [5.41, 5.74) is 2.83. The van der Waals surface area contributed by atoms with Gasteiger partial charge in [-0.3, -0.25) is 9.52 Å². The van der Waals surface area contributed by atoms with E-state index in [1.54, 1.807) is 24.3 Å². The van der Waals surface area contributed by atoms with E-state index in [-0.39, 0.29) is 17.6 Å². The molecule has 0 bridgehead atoms. The van der Waals surface area contributed by atoms with Crippen molar-refractivity contribution in [3.63, 3.8) is 0 Å². The van der Waals surface area contributed by atoms with Gasteiger partial charge in [-0.2, -0.15) is 0 Å². The van der Waals surface area contributed by atoms with Crippen LogP contribution in [0.25, 0.3) is 0 Å². The molecule has 0 amide bonds. The van der Waals surface area contributed by atoms with Gasteiger partial charge in [-0.05, 0) is 42.5 Å². The van der Waals surface area contributed by atoms with Crippen LogP contribution >= 0.6 is 0 Å². The highest BCUT2D eigenvalue weighted by molar-refractivity contribution is 7.91. The number of carbonyl (C=O) groups is 1. The molecule has 146 valence electrons. The first-order valence-corrected chi connectivity index (χ1v) is 11.0. The van der Waals surface area contributed by atoms with E-state index in [2.05, 4.69) is 11.3 Å². The molecule has 0 spiro atoms. The van der Waals surface area contributed by atoms with Gasteiger partial charge in [0.1, 0.15) is 0 Å². The maximum absolute atomic E-state index is 12.4. The van der Waals surface area contributed by atoms with Crippen molar-refractivity contribution in [3.8, 4) is 0 Å². The molecular formula is C22H23NO4S. The smallest absolute Gasteiger partial charge is 0.313 e. The number of esters is 1. The van der Waals surface area contributed by atoms with Crippen molar-refractivity contribution in [2.75, 3.05) is 11.3 Å². The molecule has 2 aromatic rings. The molecule has 6 heteroatoms. The molecule has 2 aliphatic rings. The van der Waals surface area contributed by atoms with Crippen molar-refractivity contribution < 1.29 is 17.9 Å². The second-order valence-corrected chi connectivity index (χ2v) is 9.53. The molecule has 1 aliphatic carbocycles. The molecule has 1 N–H and O–H groups in total. The molecule has 0 radical (unpaired) electrons. The second-order valence-electron chi connectivity index (χ2n) is 7.80. The number of hydrogen-bond acceptors (Lipinski definition) is 4. The summed E-state index contributed by atoms with van der Waals surface area (Å²) in [4.78, 5) is 12.4. The Morgan fingerprint density at radius 2 is 1.79 bits per heavy atom. The number of cyclic esters (lactones) is 1. The van der Waals surface area contributed by atoms with E-state index in [0.29, 0.717) is 25.1 Å². The van der Waals surface area contributed by atoms with Gasteiger partial charge in [0.25, 0.3) is 0 Å². The summed E-state index contributed by atoms with van der Waals surface area (Å²) in [6.07, 6.45) is 2.09. The Morgan fingerprint density at radius 1 is 1.07 bits per heavy atom. The molecular weight excluding hydrogens is 374 g/mol. The molecule has 1 saturated carbocycles. The van der Waals surface area contributed by atoms with E-state index in [1.165, 1.54) is 0 Å². The quantitative estimate of drug-likeness (QED) is 0.596. The lowest BCUT2D eigenvalue weighted by atomic mass is 9.75. The molecule has 0 aromatic heterocycles. The predicted octanol–water partition coefficient (Wildman–Crippen LogP) is 3.68. The predicted molar refractivity (Wildman–Crippen MR) is 108 cm³/mol. The summed E-state index contributed by atoms with van der Waals surface area (Å²) in [5.74, 6) is -0.0192. The largest absolute Gasteiger partial charge is 0.465 e. The van der Waals surface area contributed by atoms with Gasteiger partial charge in [0, 0.05) is 11.6 Å². The third-order valence-corrected chi connectivity index (χ3v) is 6.91. The zero-order valence-corrected chi connectivity index (χ0v) is 16.4. The summed E-state index contributed by atoms with van der Waals surface area (Å²) in [7, 11) is -3.49. The fourth-order valence-electron chi connectivity index (χ4n) is 4.33. The molecule has 1 saturated heterocycles. The van der Waals surface area contributed by atoms with Gasteiger partial charge >= 0.3 is 5.97 Å². The van der Waals surface area contributed by atoms with Crippen LogP contribution in [0, 0.1) is 11.3 Å². The highest BCUT2D eigenvalue weighted by Crippen LogP contribution is 2.52. The molecule has 1 aliphatic heterocycles. The van der Waals surface area contributed by atoms with Gasteiger partial charge in [0.2, 0.25) is 10.0 Å². The van der Waals surface area contributed by atoms with Crippen LogP contribution in [0.15, 0.2) is 66.7 Å². The Labute approximate surface area is 165 Å². The lowest BCUT2D eigenvalue weighted by molar-refractivity contribution is -0.146. The Hall–Kier alpha value is -2.60. The van der Waals surface area contributed by atoms with E-state index in [9.17, 15) is 13.2 Å². The summed E-state index contributed by atoms with van der Waals surface area (Å²) < 4.78 is 32.7. The van der Waals surface area contributed by atoms with Crippen LogP contribution in [0.4, 0.5) is 5.69 Å². The highest BCUT2D eigenvalue weighted by Gasteiger charge is 2.55. The van der Waals surface area contributed by atoms with Crippen LogP contribution in [-0.2, 0) is 31.7 Å². The second kappa shape index (κ2) is 7.09. The van der Waals surface area contributed by atoms with Crippen LogP contribution in [-0.4, -0.2) is 21.0 Å². The van der Waals surface area contributed by atoms with Crippen LogP contribution < -0.4 is 4.72 Å². The van der Waals surface area contributed by atoms with E-state index >= 15 is 0 Å². The summed E-state index contributed by atoms with van der Waals surface area (Å²) in [6.45, 7) is 4.53. The van der Waals surface area contributed by atoms with Crippen LogP contribution in [0.3, 0.4) is 0 Å². The molecule has 5 nitrogen and oxygen atoms in total. The maximum atomic E-state index is 12.4. The first-order valence-electron chi connectivity index (χ1n) is 9.34. The molecule has 28 heavy (non-hydrogen) atoms. The minimum Gasteiger partial charge on any atom is -0.465 e. The summed E-state index contributed by atoms with van der Waals surface area (Å²) in [5, 5.41) is 0. The number of nitrogens with one attached hydrogen (secondary N) is 1. The highest BCUT2D eigenvalue weighted by atomic mass is 32.2. The lowest BCUT2D eigenvalue weighted by Gasteiger charge is -2.24. The summed E-state index contributed by atoms with van der Waals surface area (Å²) in [6, 6.07) is 16.3. The van der Waals surface area contributed by atoms with Crippen molar-refractivity contribution in [1.29, 1.82) is 0 Å². The van der Waals surface area contributed by atoms with Crippen molar-refractivity contribution in [2.45, 2.75) is 25.0 Å². The van der Waals surface area contributed by atoms with Gasteiger partial charge in [-0.15, -0.1) is 0 Å². The Bertz CT molecular complexity index is 999. The van der Waals surface area contributed by atoms with E-state index in [1.807, 2.05) is 30.3 Å². The molecule has 2 unspecified atom stereocenters. The normalized spacial score (nSPS) is 24.1. The number of carbonyl (C=O) groups excluding carboxylic acids is 1. The van der Waals surface area contributed by atoms with Crippen molar-refractivity contribution >= 4 is 21.7 Å². The Morgan fingerprint density at radius 3 is 2.50 bits per heavy atom. The third kappa shape index (κ3) is 3.69. The zero-order chi connectivity index (χ0) is 19.8. The van der Waals surface area contributed by atoms with Gasteiger partial charge in [0.15, 0.2) is 0 Å². The number of sulfonamides is 1. The minimum atomic E-state index is -3.49. The van der Waals surface area contributed by atoms with Gasteiger partial charge < -0.3 is 4.74 Å². The standard InChI is InChI=1S/C22H23NO4S/c1-16-11-19-14-27-21(24)22(19,12-16)13-17-7-9-20(10-8-17)23-28(25,26)15-18-5-3-2-4-6-18/h2-10,19,23H,1,11-15H2. The van der Waals surface area contributed by atoms with Gasteiger partial charge in [-0.1, -0.05) is 54.6 Å². The minimum absolute atomic E-state index is 0.0751. The number of ether oxygens (including phenoxy) is 1. The summed E-state index contributed by atoms with van der Waals surface area (Å²) >= 11 is 0. The van der Waals surface area contributed by atoms with Crippen molar-refractivity contribution in [3.05, 3.63) is 77.9 Å². The molecule has 2 atom stereocenters. The number of hydrogen-bond donors (Lipinski definition) is 1. The van der Waals surface area contributed by atoms with Crippen molar-refractivity contribution in [1.82, 2.24) is 0 Å². The average Bonchev–Trinajstić information content (AvgIpc) is 3.11. The van der Waals surface area contributed by atoms with E-state index in [4.69, 9.17) is 4.74 Å². The van der Waals surface area contributed by atoms with E-state index in [0.717, 1.165) is 23.1 Å². The maximum Gasteiger partial charge on any atom is 0.313 e. The number of benzene rings is 2. The van der Waals surface area contributed by atoms with Crippen LogP contribution in [0.5, 0.6) is 0 Å². The zero-order valence-electron chi connectivity index (χ0n) is 15.6. The van der Waals surface area contributed by atoms with E-state index < -0.39 is 15.4 Å². The molecule has 1 heterocycles. The molecule has 2 fully saturated rings. The number of anilines is 1. The van der Waals surface area contributed by atoms with Crippen LogP contribution in [0.1, 0.15) is 24.0 Å². The van der Waals surface area contributed by atoms with Crippen molar-refractivity contribution in [2.24, 2.45) is 11.3 Å². The molecule has 4 rings (SSSR count). The Balaban J connectivity index is 1.46. The Kier molecular flexibility index (Phi) is 4.75. The monoisotopic (exact) mass is 397 g/mol. The third-order valence-electron chi connectivity index (χ3n) is 5.65. The van der Waals surface area contributed by atoms with Gasteiger partial charge in [0.05, 0.1) is 17.8 Å². The lowest BCUT2D eigenvalue weighted by Crippen LogP contribution is -2.31. The first-order chi connectivity index (χ1) is 13.4. The molecule has 2 aromatic carbocycles. The SMILES string of the molecule is C=C1CC2COC(=O)C2(Cc2ccc(NS(=O)(=O)Cc3ccccc3)cc2)C1. The number of allylic oxidation sites excluding steroid dienone is 1. The number of rotatable bonds is 6. The fraction of sp³-hybridized carbons (Fsp3) is 0.318. The topological polar surface area (TPSA) is 72.5 Å². The fourth-order valence-corrected chi connectivity index (χ4v) is 5.53. The number of fused-ring (bicyclic) bond motifs is 1. The van der Waals surface area contributed by atoms with Crippen LogP contribution in [0.2, 0.25) is 0 Å². The average molecular weight is 397 g/mol. The van der Waals surface area contributed by atoms with Gasteiger partial charge in [-0.25, -0.2) is 8.42 Å².